The summed E-state index contributed by atoms with van der Waals surface area (Å²) in [7, 11) is 0. The molecule has 0 aromatic heterocycles. The lowest BCUT2D eigenvalue weighted by atomic mass is 10.0. The summed E-state index contributed by atoms with van der Waals surface area (Å²) in [6, 6.07) is -0.976. The monoisotopic (exact) mass is 288 g/mol. The number of nitrogens with zero attached hydrogens (tertiary/aromatic N) is 1. The molecule has 7 nitrogen and oxygen atoms in total. The minimum atomic E-state index is -1.21. The van der Waals surface area contributed by atoms with Gasteiger partial charge >= 0.3 is 18.1 Å². The van der Waals surface area contributed by atoms with E-state index in [1.807, 2.05) is 0 Å². The Morgan fingerprint density at radius 3 is 2.74 bits per heavy atom. The van der Waals surface area contributed by atoms with Crippen LogP contribution in [0.2, 0.25) is 0 Å². The van der Waals surface area contributed by atoms with Crippen LogP contribution in [0.5, 0.6) is 0 Å². The highest BCUT2D eigenvalue weighted by Crippen LogP contribution is 2.36. The summed E-state index contributed by atoms with van der Waals surface area (Å²) >= 11 is 1.65. The van der Waals surface area contributed by atoms with Gasteiger partial charge in [-0.1, -0.05) is 6.42 Å². The molecule has 2 saturated heterocycles. The Kier molecular flexibility index (Phi) is 4.18. The molecule has 0 aliphatic carbocycles. The van der Waals surface area contributed by atoms with Crippen molar-refractivity contribution < 1.29 is 24.6 Å². The third-order valence-corrected chi connectivity index (χ3v) is 4.96. The molecule has 8 heteroatoms. The van der Waals surface area contributed by atoms with Crippen molar-refractivity contribution in [3.63, 3.8) is 0 Å². The summed E-state index contributed by atoms with van der Waals surface area (Å²) in [6.07, 6.45) is 1.12. The molecule has 3 atom stereocenters. The molecule has 19 heavy (non-hydrogen) atoms. The number of carboxylic acid groups (broad SMARTS) is 2. The maximum atomic E-state index is 11.5. The molecule has 2 aliphatic heterocycles. The van der Waals surface area contributed by atoms with Crippen LogP contribution in [0, 0.1) is 0 Å². The highest BCUT2D eigenvalue weighted by Gasteiger charge is 2.50. The number of urea groups is 1. The second-order valence-electron chi connectivity index (χ2n) is 4.71. The summed E-state index contributed by atoms with van der Waals surface area (Å²) < 4.78 is 0. The number of hydrogen-bond acceptors (Lipinski definition) is 4. The van der Waals surface area contributed by atoms with Gasteiger partial charge in [-0.2, -0.15) is 11.8 Å². The first-order chi connectivity index (χ1) is 9.00. The molecule has 2 heterocycles. The fourth-order valence-corrected chi connectivity index (χ4v) is 4.17. The fourth-order valence-electron chi connectivity index (χ4n) is 2.58. The quantitative estimate of drug-likeness (QED) is 0.518. The number of thioether (sulfide) groups is 1. The highest BCUT2D eigenvalue weighted by molar-refractivity contribution is 8.00. The molecule has 0 saturated carbocycles. The zero-order valence-corrected chi connectivity index (χ0v) is 11.1. The van der Waals surface area contributed by atoms with Gasteiger partial charge in [0, 0.05) is 17.4 Å². The van der Waals surface area contributed by atoms with E-state index in [9.17, 15) is 14.4 Å². The smallest absolute Gasteiger partial charge is 0.415 e. The number of imide groups is 1. The lowest BCUT2D eigenvalue weighted by Crippen LogP contribution is -2.40. The van der Waals surface area contributed by atoms with Crippen LogP contribution in [0.1, 0.15) is 25.7 Å². The maximum Gasteiger partial charge on any atom is 0.415 e. The number of carboxylic acids is 1. The third-order valence-electron chi connectivity index (χ3n) is 3.47. The molecule has 0 aromatic rings. The highest BCUT2D eigenvalue weighted by atomic mass is 32.2. The Balaban J connectivity index is 1.85. The molecule has 106 valence electrons. The first-order valence-electron chi connectivity index (χ1n) is 6.16. The van der Waals surface area contributed by atoms with Crippen LogP contribution in [0.25, 0.3) is 0 Å². The second-order valence-corrected chi connectivity index (χ2v) is 5.98. The molecule has 2 fully saturated rings. The predicted octanol–water partition coefficient (Wildman–Crippen LogP) is 1.19. The minimum Gasteiger partial charge on any atom is -0.481 e. The fraction of sp³-hybridized carbons (Fsp3) is 0.727. The van der Waals surface area contributed by atoms with Crippen LogP contribution in [-0.4, -0.2) is 56.3 Å². The summed E-state index contributed by atoms with van der Waals surface area (Å²) in [5.74, 6) is -0.192. The Labute approximate surface area is 114 Å². The number of hydrogen-bond donors (Lipinski definition) is 3. The molecule has 0 bridgehead atoms. The second kappa shape index (κ2) is 5.68. The van der Waals surface area contributed by atoms with Crippen LogP contribution in [0.15, 0.2) is 0 Å². The van der Waals surface area contributed by atoms with Gasteiger partial charge in [0.1, 0.15) is 0 Å². The topological polar surface area (TPSA) is 107 Å². The largest absolute Gasteiger partial charge is 0.481 e. The van der Waals surface area contributed by atoms with E-state index in [2.05, 4.69) is 5.32 Å². The van der Waals surface area contributed by atoms with E-state index in [1.54, 1.807) is 11.8 Å². The average molecular weight is 288 g/mol. The van der Waals surface area contributed by atoms with Gasteiger partial charge in [0.25, 0.3) is 0 Å². The summed E-state index contributed by atoms with van der Waals surface area (Å²) in [4.78, 5) is 33.8. The van der Waals surface area contributed by atoms with Crippen LogP contribution in [0.3, 0.4) is 0 Å². The van der Waals surface area contributed by atoms with Crippen molar-refractivity contribution in [1.29, 1.82) is 0 Å². The number of aliphatic carboxylic acids is 1. The van der Waals surface area contributed by atoms with Gasteiger partial charge in [0.05, 0.1) is 12.1 Å². The lowest BCUT2D eigenvalue weighted by molar-refractivity contribution is -0.137. The standard InChI is InChI=1S/C11H16N2O5S/c14-8(15)4-2-1-3-7-9-6(5-19-7)13(11(17)18)10(16)12-9/h6-7,9H,1-5H2,(H,12,16)(H,14,15)(H,17,18). The van der Waals surface area contributed by atoms with Gasteiger partial charge in [-0.05, 0) is 12.8 Å². The van der Waals surface area contributed by atoms with E-state index in [0.717, 1.165) is 17.7 Å². The minimum absolute atomic E-state index is 0.140. The van der Waals surface area contributed by atoms with Gasteiger partial charge in [-0.25, -0.2) is 14.5 Å². The first-order valence-corrected chi connectivity index (χ1v) is 7.21. The van der Waals surface area contributed by atoms with Gasteiger partial charge < -0.3 is 15.5 Å². The predicted molar refractivity (Wildman–Crippen MR) is 68.3 cm³/mol. The number of fused-ring (bicyclic) bond motifs is 1. The summed E-state index contributed by atoms with van der Waals surface area (Å²) in [5.41, 5.74) is 0. The maximum absolute atomic E-state index is 11.5. The first kappa shape index (κ1) is 14.0. The van der Waals surface area contributed by atoms with E-state index < -0.39 is 18.1 Å². The van der Waals surface area contributed by atoms with E-state index in [1.165, 1.54) is 0 Å². The molecule has 3 N–H and O–H groups in total. The molecule has 0 aromatic carbocycles. The van der Waals surface area contributed by atoms with Gasteiger partial charge in [-0.15, -0.1) is 0 Å². The van der Waals surface area contributed by atoms with Crippen LogP contribution < -0.4 is 5.32 Å². The van der Waals surface area contributed by atoms with Crippen molar-refractivity contribution in [1.82, 2.24) is 10.2 Å². The Morgan fingerprint density at radius 2 is 2.11 bits per heavy atom. The number of carbonyl (C=O) groups is 3. The van der Waals surface area contributed by atoms with Gasteiger partial charge in [0.15, 0.2) is 0 Å². The van der Waals surface area contributed by atoms with Crippen molar-refractivity contribution in [2.75, 3.05) is 5.75 Å². The molecule has 0 radical (unpaired) electrons. The van der Waals surface area contributed by atoms with E-state index in [4.69, 9.17) is 10.2 Å². The SMILES string of the molecule is O=C(O)CCCCC1SCC2C1NC(=O)N2C(=O)O. The Morgan fingerprint density at radius 1 is 1.37 bits per heavy atom. The zero-order chi connectivity index (χ0) is 14.0. The van der Waals surface area contributed by atoms with E-state index in [-0.39, 0.29) is 23.8 Å². The van der Waals surface area contributed by atoms with Crippen LogP contribution in [0.4, 0.5) is 9.59 Å². The molecule has 2 rings (SSSR count). The van der Waals surface area contributed by atoms with E-state index >= 15 is 0 Å². The normalized spacial score (nSPS) is 29.2. The number of unbranched alkanes of at least 4 members (excludes halogenated alkanes) is 1. The third kappa shape index (κ3) is 2.94. The summed E-state index contributed by atoms with van der Waals surface area (Å²) in [5, 5.41) is 20.4. The van der Waals surface area contributed by atoms with Crippen molar-refractivity contribution in [3.05, 3.63) is 0 Å². The molecular formula is C11H16N2O5S. The average Bonchev–Trinajstić information content (AvgIpc) is 2.82. The molecule has 3 amide bonds. The van der Waals surface area contributed by atoms with Crippen molar-refractivity contribution in [2.24, 2.45) is 0 Å². The number of carbonyl (C=O) groups excluding carboxylic acids is 1. The summed E-state index contributed by atoms with van der Waals surface area (Å²) in [6.45, 7) is 0. The van der Waals surface area contributed by atoms with E-state index in [0.29, 0.717) is 12.2 Å². The van der Waals surface area contributed by atoms with Gasteiger partial charge in [-0.3, -0.25) is 4.79 Å². The zero-order valence-electron chi connectivity index (χ0n) is 10.2. The molecule has 0 spiro atoms. The number of nitrogens with one attached hydrogen (secondary N) is 1. The molecule has 2 aliphatic rings. The Bertz CT molecular complexity index is 403. The number of amides is 3. The molecule has 3 unspecified atom stereocenters. The van der Waals surface area contributed by atoms with Crippen molar-refractivity contribution >= 4 is 29.9 Å². The lowest BCUT2D eigenvalue weighted by Gasteiger charge is -2.17. The van der Waals surface area contributed by atoms with Crippen LogP contribution in [-0.2, 0) is 4.79 Å². The number of rotatable bonds is 5. The van der Waals surface area contributed by atoms with Crippen LogP contribution >= 0.6 is 11.8 Å². The van der Waals surface area contributed by atoms with Crippen molar-refractivity contribution in [2.45, 2.75) is 43.0 Å². The molecular weight excluding hydrogens is 272 g/mol. The Hall–Kier alpha value is -1.44. The van der Waals surface area contributed by atoms with Gasteiger partial charge in [0.2, 0.25) is 0 Å². The van der Waals surface area contributed by atoms with Crippen molar-refractivity contribution in [3.8, 4) is 0 Å².